The van der Waals surface area contributed by atoms with E-state index in [1.165, 1.54) is 15.9 Å². The van der Waals surface area contributed by atoms with Gasteiger partial charge < -0.3 is 23.9 Å². The quantitative estimate of drug-likeness (QED) is 0.296. The Balaban J connectivity index is 1.69. The number of allylic oxidation sites excluding steroid dienone is 1. The normalized spacial score (nSPS) is 14.7. The summed E-state index contributed by atoms with van der Waals surface area (Å²) in [7, 11) is 3.09. The zero-order chi connectivity index (χ0) is 31.7. The van der Waals surface area contributed by atoms with Gasteiger partial charge in [0.15, 0.2) is 4.80 Å². The van der Waals surface area contributed by atoms with Crippen LogP contribution in [0, 0.1) is 6.92 Å². The Morgan fingerprint density at radius 2 is 1.82 bits per heavy atom. The van der Waals surface area contributed by atoms with Crippen LogP contribution >= 0.6 is 11.3 Å². The summed E-state index contributed by atoms with van der Waals surface area (Å²) in [6.07, 6.45) is 1.63. The highest BCUT2D eigenvalue weighted by Crippen LogP contribution is 2.38. The zero-order valence-electron chi connectivity index (χ0n) is 25.3. The third-order valence-corrected chi connectivity index (χ3v) is 8.67. The summed E-state index contributed by atoms with van der Waals surface area (Å²) in [5.74, 6) is 0.699. The van der Waals surface area contributed by atoms with E-state index in [9.17, 15) is 19.5 Å². The number of furan rings is 1. The number of aryl methyl sites for hydroxylation is 1. The highest BCUT2D eigenvalue weighted by atomic mass is 32.1. The van der Waals surface area contributed by atoms with Gasteiger partial charge in [0.2, 0.25) is 0 Å². The third-order valence-electron chi connectivity index (χ3n) is 7.68. The number of aromatic nitrogens is 1. The molecule has 0 unspecified atom stereocenters. The molecule has 44 heavy (non-hydrogen) atoms. The van der Waals surface area contributed by atoms with E-state index in [4.69, 9.17) is 18.9 Å². The Labute approximate surface area is 257 Å². The molecule has 1 N–H and O–H groups in total. The minimum atomic E-state index is -1.03. The van der Waals surface area contributed by atoms with Crippen LogP contribution in [0.4, 0.5) is 0 Å². The molecule has 11 heteroatoms. The van der Waals surface area contributed by atoms with Crippen LogP contribution in [-0.2, 0) is 4.79 Å². The molecule has 2 aromatic carbocycles. The average Bonchev–Trinajstić information content (AvgIpc) is 3.60. The fourth-order valence-corrected chi connectivity index (χ4v) is 6.38. The average molecular weight is 616 g/mol. The van der Waals surface area contributed by atoms with Crippen LogP contribution in [0.25, 0.3) is 17.4 Å². The molecule has 3 heterocycles. The molecular weight excluding hydrogens is 582 g/mol. The predicted molar refractivity (Wildman–Crippen MR) is 167 cm³/mol. The maximum atomic E-state index is 14.1. The molecule has 4 aromatic rings. The number of aromatic carboxylic acids is 1. The van der Waals surface area contributed by atoms with E-state index >= 15 is 0 Å². The van der Waals surface area contributed by atoms with Crippen LogP contribution in [0.2, 0.25) is 0 Å². The number of rotatable bonds is 9. The van der Waals surface area contributed by atoms with Crippen LogP contribution in [0.5, 0.6) is 11.5 Å². The van der Waals surface area contributed by atoms with Crippen LogP contribution in [-0.4, -0.2) is 53.8 Å². The van der Waals surface area contributed by atoms with Crippen LogP contribution in [0.3, 0.4) is 0 Å². The summed E-state index contributed by atoms with van der Waals surface area (Å²) in [4.78, 5) is 46.4. The number of carboxylic acids is 1. The molecule has 0 bridgehead atoms. The molecular formula is C33H33N3O7S. The summed E-state index contributed by atoms with van der Waals surface area (Å²) in [5, 5.41) is 9.43. The number of carbonyl (C=O) groups is 2. The van der Waals surface area contributed by atoms with Crippen molar-refractivity contribution in [3.8, 4) is 22.8 Å². The standard InChI is InChI=1S/C33H33N3O7S/c1-7-35(8-2)31(38)28-19(4)34-33-36(29(28)24-16-21(41-5)11-13-25(24)42-6)30(37)27(44-33)17-22-12-14-26(43-22)23-15-20(32(39)40)10-9-18(23)3/h9-17,29H,7-8H2,1-6H3,(H,39,40)/b27-17+/t29-/m0/s1. The van der Waals surface area contributed by atoms with E-state index in [1.54, 1.807) is 80.7 Å². The smallest absolute Gasteiger partial charge is 0.335 e. The van der Waals surface area contributed by atoms with Crippen LogP contribution in [0.15, 0.2) is 74.0 Å². The minimum absolute atomic E-state index is 0.148. The molecule has 0 aliphatic carbocycles. The molecule has 0 spiro atoms. The number of hydrogen-bond acceptors (Lipinski definition) is 8. The number of likely N-dealkylation sites (N-methyl/N-ethyl adjacent to an activating group) is 1. The maximum Gasteiger partial charge on any atom is 0.335 e. The topological polar surface area (TPSA) is 124 Å². The monoisotopic (exact) mass is 615 g/mol. The van der Waals surface area contributed by atoms with E-state index in [0.717, 1.165) is 5.56 Å². The number of benzene rings is 2. The lowest BCUT2D eigenvalue weighted by atomic mass is 9.93. The van der Waals surface area contributed by atoms with E-state index in [0.29, 0.717) is 67.8 Å². The highest BCUT2D eigenvalue weighted by molar-refractivity contribution is 7.07. The van der Waals surface area contributed by atoms with Gasteiger partial charge in [0.25, 0.3) is 11.5 Å². The maximum absolute atomic E-state index is 14.1. The second-order valence-corrected chi connectivity index (χ2v) is 11.2. The first-order valence-electron chi connectivity index (χ1n) is 14.1. The Kier molecular flexibility index (Phi) is 8.59. The van der Waals surface area contributed by atoms with Crippen molar-refractivity contribution >= 4 is 29.3 Å². The van der Waals surface area contributed by atoms with Crippen molar-refractivity contribution in [2.45, 2.75) is 33.7 Å². The number of ether oxygens (including phenoxy) is 2. The van der Waals surface area contributed by atoms with Crippen molar-refractivity contribution in [1.29, 1.82) is 0 Å². The molecule has 1 atom stereocenters. The summed E-state index contributed by atoms with van der Waals surface area (Å²) in [5.41, 5.74) is 2.79. The van der Waals surface area contributed by atoms with E-state index in [2.05, 4.69) is 0 Å². The fourth-order valence-electron chi connectivity index (χ4n) is 5.35. The van der Waals surface area contributed by atoms with Crippen molar-refractivity contribution in [1.82, 2.24) is 9.47 Å². The van der Waals surface area contributed by atoms with E-state index < -0.39 is 12.0 Å². The Bertz CT molecular complexity index is 1980. The van der Waals surface area contributed by atoms with Crippen molar-refractivity contribution in [3.63, 3.8) is 0 Å². The lowest BCUT2D eigenvalue weighted by Gasteiger charge is -2.30. The minimum Gasteiger partial charge on any atom is -0.497 e. The zero-order valence-corrected chi connectivity index (χ0v) is 26.2. The predicted octanol–water partition coefficient (Wildman–Crippen LogP) is 4.39. The van der Waals surface area contributed by atoms with Gasteiger partial charge in [0, 0.05) is 30.3 Å². The van der Waals surface area contributed by atoms with Crippen LogP contribution < -0.4 is 24.4 Å². The number of fused-ring (bicyclic) bond motifs is 1. The van der Waals surface area contributed by atoms with Gasteiger partial charge in [-0.2, -0.15) is 0 Å². The summed E-state index contributed by atoms with van der Waals surface area (Å²) in [6.45, 7) is 8.45. The Morgan fingerprint density at radius 3 is 2.48 bits per heavy atom. The number of carboxylic acid groups (broad SMARTS) is 1. The number of nitrogens with zero attached hydrogens (tertiary/aromatic N) is 3. The van der Waals surface area contributed by atoms with Crippen molar-refractivity contribution < 1.29 is 28.6 Å². The van der Waals surface area contributed by atoms with Crippen molar-refractivity contribution in [3.05, 3.63) is 102 Å². The largest absolute Gasteiger partial charge is 0.497 e. The highest BCUT2D eigenvalue weighted by Gasteiger charge is 2.36. The second-order valence-electron chi connectivity index (χ2n) is 10.2. The molecule has 0 radical (unpaired) electrons. The first-order chi connectivity index (χ1) is 21.1. The number of carbonyl (C=O) groups excluding carboxylic acids is 1. The van der Waals surface area contributed by atoms with Crippen LogP contribution in [0.1, 0.15) is 54.1 Å². The molecule has 5 rings (SSSR count). The molecule has 1 aliphatic rings. The molecule has 1 amide bonds. The number of methoxy groups -OCH3 is 2. The molecule has 0 fully saturated rings. The van der Waals surface area contributed by atoms with Gasteiger partial charge in [-0.15, -0.1) is 0 Å². The SMILES string of the molecule is CCN(CC)C(=O)C1=C(C)N=c2s/c(=C/c3ccc(-c4cc(C(=O)O)ccc4C)o3)c(=O)n2[C@H]1c1cc(OC)ccc1OC. The van der Waals surface area contributed by atoms with Gasteiger partial charge in [0.05, 0.1) is 35.6 Å². The molecule has 0 saturated heterocycles. The lowest BCUT2D eigenvalue weighted by molar-refractivity contribution is -0.127. The number of thiazole rings is 1. The Hall–Kier alpha value is -4.90. The van der Waals surface area contributed by atoms with Gasteiger partial charge >= 0.3 is 5.97 Å². The first-order valence-corrected chi connectivity index (χ1v) is 14.9. The van der Waals surface area contributed by atoms with Gasteiger partial charge in [0.1, 0.15) is 29.1 Å². The van der Waals surface area contributed by atoms with Crippen molar-refractivity contribution in [2.75, 3.05) is 27.3 Å². The molecule has 1 aliphatic heterocycles. The molecule has 0 saturated carbocycles. The lowest BCUT2D eigenvalue weighted by Crippen LogP contribution is -2.43. The summed E-state index contributed by atoms with van der Waals surface area (Å²) in [6, 6.07) is 12.8. The van der Waals surface area contributed by atoms with E-state index in [1.807, 2.05) is 20.8 Å². The second kappa shape index (κ2) is 12.4. The third kappa shape index (κ3) is 5.46. The summed E-state index contributed by atoms with van der Waals surface area (Å²) < 4.78 is 19.2. The van der Waals surface area contributed by atoms with Gasteiger partial charge in [-0.1, -0.05) is 17.4 Å². The van der Waals surface area contributed by atoms with Crippen molar-refractivity contribution in [2.24, 2.45) is 4.99 Å². The fraction of sp³-hybridized carbons (Fsp3) is 0.273. The summed E-state index contributed by atoms with van der Waals surface area (Å²) >= 11 is 1.19. The van der Waals surface area contributed by atoms with Gasteiger partial charge in [-0.25, -0.2) is 9.79 Å². The number of hydrogen-bond donors (Lipinski definition) is 1. The molecule has 228 valence electrons. The van der Waals surface area contributed by atoms with E-state index in [-0.39, 0.29) is 17.0 Å². The Morgan fingerprint density at radius 1 is 1.07 bits per heavy atom. The molecule has 2 aromatic heterocycles. The first kappa shape index (κ1) is 30.6. The molecule has 10 nitrogen and oxygen atoms in total. The van der Waals surface area contributed by atoms with Gasteiger partial charge in [-0.05, 0) is 75.7 Å². The van der Waals surface area contributed by atoms with Gasteiger partial charge in [-0.3, -0.25) is 14.2 Å². The number of amides is 1.